The Bertz CT molecular complexity index is 1030. The summed E-state index contributed by atoms with van der Waals surface area (Å²) < 4.78 is 54.4. The Morgan fingerprint density at radius 3 is 2.57 bits per heavy atom. The molecule has 146 valence electrons. The van der Waals surface area contributed by atoms with Crippen LogP contribution < -0.4 is 5.32 Å². The van der Waals surface area contributed by atoms with Gasteiger partial charge < -0.3 is 5.32 Å². The van der Waals surface area contributed by atoms with Crippen LogP contribution in [0, 0.1) is 5.82 Å². The van der Waals surface area contributed by atoms with Crippen LogP contribution in [0.1, 0.15) is 11.3 Å². The van der Waals surface area contributed by atoms with E-state index in [2.05, 4.69) is 10.4 Å². The number of rotatable bonds is 4. The summed E-state index contributed by atoms with van der Waals surface area (Å²) in [6.07, 6.45) is -4.05. The Morgan fingerprint density at radius 1 is 1.18 bits per heavy atom. The van der Waals surface area contributed by atoms with Crippen LogP contribution in [0.3, 0.4) is 0 Å². The first kappa shape index (κ1) is 19.9. The number of halogens is 5. The second kappa shape index (κ2) is 7.63. The maximum atomic E-state index is 14.3. The van der Waals surface area contributed by atoms with Crippen LogP contribution in [-0.4, -0.2) is 15.7 Å². The van der Waals surface area contributed by atoms with Crippen molar-refractivity contribution in [1.29, 1.82) is 0 Å². The normalized spacial score (nSPS) is 11.5. The lowest BCUT2D eigenvalue weighted by Gasteiger charge is -2.12. The molecule has 3 rings (SSSR count). The largest absolute Gasteiger partial charge is 0.435 e. The van der Waals surface area contributed by atoms with Crippen LogP contribution in [0.5, 0.6) is 0 Å². The Hall–Kier alpha value is -2.87. The molecule has 0 aliphatic rings. The highest BCUT2D eigenvalue weighted by Crippen LogP contribution is 2.33. The summed E-state index contributed by atoms with van der Waals surface area (Å²) in [6.45, 7) is 0. The highest BCUT2D eigenvalue weighted by atomic mass is 35.5. The van der Waals surface area contributed by atoms with E-state index in [1.165, 1.54) is 25.2 Å². The number of carbonyl (C=O) groups is 1. The lowest BCUT2D eigenvalue weighted by molar-refractivity contribution is -0.142. The Balaban J connectivity index is 1.87. The van der Waals surface area contributed by atoms with Gasteiger partial charge in [0.05, 0.1) is 6.42 Å². The third-order valence-electron chi connectivity index (χ3n) is 3.95. The molecular weight excluding hydrogens is 398 g/mol. The maximum Gasteiger partial charge on any atom is 0.435 e. The molecule has 28 heavy (non-hydrogen) atoms. The molecule has 3 aromatic rings. The fourth-order valence-corrected chi connectivity index (χ4v) is 2.97. The minimum Gasteiger partial charge on any atom is -0.325 e. The second-order valence-electron chi connectivity index (χ2n) is 6.07. The molecule has 1 heterocycles. The summed E-state index contributed by atoms with van der Waals surface area (Å²) in [5.41, 5.74) is -0.499. The molecule has 0 bridgehead atoms. The molecule has 0 fully saturated rings. The monoisotopic (exact) mass is 411 g/mol. The van der Waals surface area contributed by atoms with Crippen molar-refractivity contribution in [2.45, 2.75) is 12.6 Å². The van der Waals surface area contributed by atoms with E-state index in [1.807, 2.05) is 0 Å². The number of aromatic nitrogens is 2. The summed E-state index contributed by atoms with van der Waals surface area (Å²) in [5, 5.41) is 6.14. The number of benzene rings is 2. The van der Waals surface area contributed by atoms with E-state index < -0.39 is 30.0 Å². The average molecular weight is 412 g/mol. The van der Waals surface area contributed by atoms with E-state index in [-0.39, 0.29) is 21.8 Å². The van der Waals surface area contributed by atoms with Gasteiger partial charge in [0.1, 0.15) is 5.82 Å². The Morgan fingerprint density at radius 2 is 1.89 bits per heavy atom. The number of para-hydroxylation sites is 1. The van der Waals surface area contributed by atoms with Gasteiger partial charge in [-0.25, -0.2) is 4.39 Å². The third-order valence-corrected chi connectivity index (χ3v) is 4.18. The quantitative estimate of drug-likeness (QED) is 0.609. The van der Waals surface area contributed by atoms with E-state index >= 15 is 0 Å². The number of aryl methyl sites for hydroxylation is 1. The van der Waals surface area contributed by atoms with Crippen LogP contribution >= 0.6 is 11.6 Å². The first-order chi connectivity index (χ1) is 13.1. The van der Waals surface area contributed by atoms with Crippen molar-refractivity contribution in [3.05, 3.63) is 70.8 Å². The molecule has 4 nitrogen and oxygen atoms in total. The zero-order chi connectivity index (χ0) is 20.5. The van der Waals surface area contributed by atoms with Gasteiger partial charge in [0.25, 0.3) is 0 Å². The van der Waals surface area contributed by atoms with E-state index in [0.717, 1.165) is 16.9 Å². The predicted octanol–water partition coefficient (Wildman–Crippen LogP) is 5.08. The number of hydrogen-bond donors (Lipinski definition) is 1. The SMILES string of the molecule is Cn1cc(CC(=O)Nc2ccccc2-c2ccc(Cl)cc2F)c(C(F)(F)F)n1. The van der Waals surface area contributed by atoms with Gasteiger partial charge in [-0.1, -0.05) is 29.8 Å². The maximum absolute atomic E-state index is 14.3. The van der Waals surface area contributed by atoms with Crippen LogP contribution in [-0.2, 0) is 24.4 Å². The number of nitrogens with one attached hydrogen (secondary N) is 1. The highest BCUT2D eigenvalue weighted by Gasteiger charge is 2.37. The molecule has 0 unspecified atom stereocenters. The molecule has 1 aromatic heterocycles. The smallest absolute Gasteiger partial charge is 0.325 e. The van der Waals surface area contributed by atoms with Gasteiger partial charge in [-0.15, -0.1) is 0 Å². The lowest BCUT2D eigenvalue weighted by Crippen LogP contribution is -2.17. The zero-order valence-corrected chi connectivity index (χ0v) is 15.3. The first-order valence-corrected chi connectivity index (χ1v) is 8.47. The Labute approximate surface area is 162 Å². The number of anilines is 1. The molecular formula is C19H14ClF4N3O. The standard InChI is InChI=1S/C19H14ClF4N3O/c1-27-10-11(18(26-27)19(22,23)24)8-17(28)25-16-5-3-2-4-14(16)13-7-6-12(20)9-15(13)21/h2-7,9-10H,8H2,1H3,(H,25,28). The molecule has 0 atom stereocenters. The molecule has 0 saturated heterocycles. The third kappa shape index (κ3) is 4.33. The van der Waals surface area contributed by atoms with Crippen molar-refractivity contribution in [2.24, 2.45) is 7.05 Å². The van der Waals surface area contributed by atoms with Crippen molar-refractivity contribution in [3.8, 4) is 11.1 Å². The number of alkyl halides is 3. The molecule has 0 aliphatic heterocycles. The van der Waals surface area contributed by atoms with Gasteiger partial charge in [-0.05, 0) is 24.3 Å². The Kier molecular flexibility index (Phi) is 5.42. The van der Waals surface area contributed by atoms with Crippen LogP contribution in [0.2, 0.25) is 5.02 Å². The van der Waals surface area contributed by atoms with Crippen molar-refractivity contribution in [1.82, 2.24) is 9.78 Å². The summed E-state index contributed by atoms with van der Waals surface area (Å²) in [4.78, 5) is 12.4. The number of amides is 1. The van der Waals surface area contributed by atoms with Gasteiger partial charge in [0, 0.05) is 40.6 Å². The fourth-order valence-electron chi connectivity index (χ4n) is 2.81. The van der Waals surface area contributed by atoms with Crippen molar-refractivity contribution in [2.75, 3.05) is 5.32 Å². The number of nitrogens with zero attached hydrogens (tertiary/aromatic N) is 2. The van der Waals surface area contributed by atoms with E-state index in [4.69, 9.17) is 11.6 Å². The topological polar surface area (TPSA) is 46.9 Å². The number of carbonyl (C=O) groups excluding carboxylic acids is 1. The lowest BCUT2D eigenvalue weighted by atomic mass is 10.0. The van der Waals surface area contributed by atoms with Crippen LogP contribution in [0.4, 0.5) is 23.2 Å². The van der Waals surface area contributed by atoms with Crippen LogP contribution in [0.25, 0.3) is 11.1 Å². The molecule has 0 aliphatic carbocycles. The average Bonchev–Trinajstić information content (AvgIpc) is 2.96. The van der Waals surface area contributed by atoms with Crippen molar-refractivity contribution < 1.29 is 22.4 Å². The predicted molar refractivity (Wildman–Crippen MR) is 97.4 cm³/mol. The molecule has 0 radical (unpaired) electrons. The van der Waals surface area contributed by atoms with E-state index in [9.17, 15) is 22.4 Å². The molecule has 2 aromatic carbocycles. The summed E-state index contributed by atoms with van der Waals surface area (Å²) in [6, 6.07) is 10.5. The highest BCUT2D eigenvalue weighted by molar-refractivity contribution is 6.30. The molecule has 1 N–H and O–H groups in total. The fraction of sp³-hybridized carbons (Fsp3) is 0.158. The van der Waals surface area contributed by atoms with E-state index in [0.29, 0.717) is 5.56 Å². The van der Waals surface area contributed by atoms with Crippen molar-refractivity contribution >= 4 is 23.2 Å². The minimum atomic E-state index is -4.67. The molecule has 1 amide bonds. The van der Waals surface area contributed by atoms with Gasteiger partial charge >= 0.3 is 6.18 Å². The molecule has 0 spiro atoms. The van der Waals surface area contributed by atoms with Gasteiger partial charge in [-0.2, -0.15) is 18.3 Å². The molecule has 9 heteroatoms. The summed E-state index contributed by atoms with van der Waals surface area (Å²) in [7, 11) is 1.34. The van der Waals surface area contributed by atoms with Gasteiger partial charge in [0.15, 0.2) is 5.69 Å². The summed E-state index contributed by atoms with van der Waals surface area (Å²) in [5.74, 6) is -1.26. The minimum absolute atomic E-state index is 0.206. The molecule has 0 saturated carbocycles. The van der Waals surface area contributed by atoms with Crippen LogP contribution in [0.15, 0.2) is 48.7 Å². The van der Waals surface area contributed by atoms with Crippen molar-refractivity contribution in [3.63, 3.8) is 0 Å². The first-order valence-electron chi connectivity index (χ1n) is 8.09. The zero-order valence-electron chi connectivity index (χ0n) is 14.5. The second-order valence-corrected chi connectivity index (χ2v) is 6.51. The van der Waals surface area contributed by atoms with E-state index in [1.54, 1.807) is 18.2 Å². The van der Waals surface area contributed by atoms with Gasteiger partial charge in [0.2, 0.25) is 5.91 Å². The number of hydrogen-bond acceptors (Lipinski definition) is 2. The van der Waals surface area contributed by atoms with Gasteiger partial charge in [-0.3, -0.25) is 9.48 Å². The summed E-state index contributed by atoms with van der Waals surface area (Å²) >= 11 is 5.76.